The Morgan fingerprint density at radius 1 is 0.636 bits per heavy atom. The summed E-state index contributed by atoms with van der Waals surface area (Å²) in [4.78, 5) is 23.3. The molecular formula is C41H76NO12P. The van der Waals surface area contributed by atoms with Crippen molar-refractivity contribution in [2.75, 3.05) is 6.61 Å². The first-order valence-electron chi connectivity index (χ1n) is 21.0. The second-order valence-corrected chi connectivity index (χ2v) is 16.4. The van der Waals surface area contributed by atoms with Crippen LogP contribution in [0.2, 0.25) is 0 Å². The molecule has 8 unspecified atom stereocenters. The third kappa shape index (κ3) is 24.1. The number of amides is 1. The molecule has 0 bridgehead atoms. The van der Waals surface area contributed by atoms with Crippen LogP contribution in [0.1, 0.15) is 155 Å². The van der Waals surface area contributed by atoms with Crippen LogP contribution in [0, 0.1) is 0 Å². The second kappa shape index (κ2) is 31.5. The number of phosphoric acid groups is 1. The number of hydrogen-bond acceptors (Lipinski definition) is 11. The molecule has 1 amide bonds. The van der Waals surface area contributed by atoms with Crippen molar-refractivity contribution in [2.24, 2.45) is 0 Å². The summed E-state index contributed by atoms with van der Waals surface area (Å²) in [6, 6.07) is -1.27. The van der Waals surface area contributed by atoms with Gasteiger partial charge in [-0.2, -0.15) is 0 Å². The Balaban J connectivity index is 2.68. The van der Waals surface area contributed by atoms with Crippen molar-refractivity contribution < 1.29 is 59.0 Å². The minimum Gasteiger partial charge on any atom is -0.389 e. The van der Waals surface area contributed by atoms with Crippen molar-refractivity contribution in [1.29, 1.82) is 0 Å². The van der Waals surface area contributed by atoms with Gasteiger partial charge in [0.15, 0.2) is 0 Å². The van der Waals surface area contributed by atoms with Crippen molar-refractivity contribution in [2.45, 2.75) is 210 Å². The van der Waals surface area contributed by atoms with Gasteiger partial charge in [-0.25, -0.2) is 4.57 Å². The fourth-order valence-electron chi connectivity index (χ4n) is 6.47. The predicted octanol–water partition coefficient (Wildman–Crippen LogP) is 5.80. The van der Waals surface area contributed by atoms with Crippen LogP contribution in [-0.2, 0) is 18.4 Å². The van der Waals surface area contributed by atoms with Crippen LogP contribution in [-0.4, -0.2) is 108 Å². The Morgan fingerprint density at radius 2 is 1.09 bits per heavy atom. The molecule has 0 radical (unpaired) electrons. The van der Waals surface area contributed by atoms with Crippen molar-refractivity contribution in [3.05, 3.63) is 36.5 Å². The van der Waals surface area contributed by atoms with Crippen molar-refractivity contribution in [1.82, 2.24) is 5.32 Å². The summed E-state index contributed by atoms with van der Waals surface area (Å²) in [7, 11) is -5.15. The van der Waals surface area contributed by atoms with Crippen LogP contribution in [0.3, 0.4) is 0 Å². The van der Waals surface area contributed by atoms with Gasteiger partial charge in [0.25, 0.3) is 0 Å². The predicted molar refractivity (Wildman–Crippen MR) is 215 cm³/mol. The zero-order valence-corrected chi connectivity index (χ0v) is 34.5. The minimum absolute atomic E-state index is 0.352. The number of aliphatic hydroxyl groups excluding tert-OH is 7. The van der Waals surface area contributed by atoms with E-state index in [4.69, 9.17) is 9.05 Å². The van der Waals surface area contributed by atoms with Crippen molar-refractivity contribution in [3.63, 3.8) is 0 Å². The topological polar surface area (TPSA) is 226 Å². The molecule has 322 valence electrons. The Bertz CT molecular complexity index is 1090. The molecule has 1 aliphatic rings. The highest BCUT2D eigenvalue weighted by Crippen LogP contribution is 2.47. The van der Waals surface area contributed by atoms with E-state index in [0.717, 1.165) is 32.1 Å². The third-order valence-electron chi connectivity index (χ3n) is 9.98. The Kier molecular flexibility index (Phi) is 29.5. The lowest BCUT2D eigenvalue weighted by Crippen LogP contribution is -2.64. The fraction of sp³-hybridized carbons (Fsp3) is 0.829. The summed E-state index contributed by atoms with van der Waals surface area (Å²) >= 11 is 0. The van der Waals surface area contributed by atoms with Gasteiger partial charge in [0.2, 0.25) is 5.91 Å². The summed E-state index contributed by atoms with van der Waals surface area (Å²) < 4.78 is 22.7. The molecule has 55 heavy (non-hydrogen) atoms. The van der Waals surface area contributed by atoms with E-state index < -0.39 is 75.2 Å². The maximum Gasteiger partial charge on any atom is 0.472 e. The number of carbonyl (C=O) groups excluding carboxylic acids is 1. The van der Waals surface area contributed by atoms with Crippen LogP contribution in [0.15, 0.2) is 36.5 Å². The van der Waals surface area contributed by atoms with Gasteiger partial charge >= 0.3 is 7.82 Å². The van der Waals surface area contributed by atoms with E-state index in [0.29, 0.717) is 12.8 Å². The first-order valence-corrected chi connectivity index (χ1v) is 22.5. The number of aliphatic hydroxyl groups is 7. The number of hydrogen-bond donors (Lipinski definition) is 9. The molecule has 0 aromatic rings. The lowest BCUT2D eigenvalue weighted by molar-refractivity contribution is -0.220. The second-order valence-electron chi connectivity index (χ2n) is 15.0. The number of unbranched alkanes of at least 4 members (excludes halogenated alkanes) is 18. The van der Waals surface area contributed by atoms with E-state index in [1.807, 2.05) is 6.08 Å². The van der Waals surface area contributed by atoms with Crippen LogP contribution >= 0.6 is 7.82 Å². The molecule has 1 saturated carbocycles. The largest absolute Gasteiger partial charge is 0.472 e. The maximum atomic E-state index is 12.9. The zero-order chi connectivity index (χ0) is 40.9. The first-order chi connectivity index (χ1) is 26.3. The molecule has 0 aliphatic heterocycles. The van der Waals surface area contributed by atoms with Gasteiger partial charge in [0.05, 0.1) is 31.3 Å². The van der Waals surface area contributed by atoms with Gasteiger partial charge < -0.3 is 46.0 Å². The Morgan fingerprint density at radius 3 is 1.60 bits per heavy atom. The lowest BCUT2D eigenvalue weighted by atomic mass is 9.85. The van der Waals surface area contributed by atoms with Crippen LogP contribution in [0.25, 0.3) is 0 Å². The highest BCUT2D eigenvalue weighted by molar-refractivity contribution is 7.47. The Hall–Kier alpha value is -1.48. The zero-order valence-electron chi connectivity index (χ0n) is 33.6. The minimum atomic E-state index is -5.15. The van der Waals surface area contributed by atoms with Crippen molar-refractivity contribution >= 4 is 13.7 Å². The molecule has 8 atom stereocenters. The maximum absolute atomic E-state index is 12.9. The quantitative estimate of drug-likeness (QED) is 0.0218. The molecule has 0 saturated heterocycles. The van der Waals surface area contributed by atoms with Crippen LogP contribution in [0.5, 0.6) is 0 Å². The van der Waals surface area contributed by atoms with Gasteiger partial charge in [-0.05, 0) is 32.1 Å². The van der Waals surface area contributed by atoms with Crippen LogP contribution < -0.4 is 5.32 Å². The number of phosphoric ester groups is 1. The molecular weight excluding hydrogens is 729 g/mol. The summed E-state index contributed by atoms with van der Waals surface area (Å²) in [6.45, 7) is 3.66. The standard InChI is InChI=1S/C41H76NO12P/c1-3-5-7-9-11-13-15-16-17-19-21-23-25-27-29-34(44)33(31-53-55(51,52)54-41-39(49)37(47)36(46)38(48)40(41)50)42-35(45)30-32(43)28-26-24-22-20-18-14-12-10-8-6-4-2/h20,22,26-29,32-34,36-41,43-44,46-50H,3-19,21,23-25,30-31H2,1-2H3,(H,42,45)(H,51,52)/b22-20-,28-26-,29-27+. The number of allylic oxidation sites excluding steroid dienone is 4. The van der Waals surface area contributed by atoms with E-state index in [1.165, 1.54) is 102 Å². The average Bonchev–Trinajstić information content (AvgIpc) is 3.15. The SMILES string of the molecule is CCCCCCCC/C=C\C/C=C\C(O)CC(=O)NC(COP(=O)(O)OC1C(O)C(O)C(O)C(O)C1O)C(O)/C=C/CCCCCCCCCCCCCC. The third-order valence-corrected chi connectivity index (χ3v) is 11.0. The number of carbonyl (C=O) groups is 1. The summed E-state index contributed by atoms with van der Waals surface area (Å²) in [5.41, 5.74) is 0. The molecule has 14 heteroatoms. The molecule has 0 spiro atoms. The average molecular weight is 806 g/mol. The molecule has 0 aromatic heterocycles. The fourth-order valence-corrected chi connectivity index (χ4v) is 7.44. The molecule has 0 aromatic carbocycles. The monoisotopic (exact) mass is 806 g/mol. The lowest BCUT2D eigenvalue weighted by Gasteiger charge is -2.41. The van der Waals surface area contributed by atoms with Crippen LogP contribution in [0.4, 0.5) is 0 Å². The molecule has 0 heterocycles. The Labute approximate surface area is 330 Å². The van der Waals surface area contributed by atoms with Gasteiger partial charge in [-0.15, -0.1) is 0 Å². The molecule has 1 aliphatic carbocycles. The summed E-state index contributed by atoms with van der Waals surface area (Å²) in [6.07, 6.45) is 19.9. The molecule has 13 nitrogen and oxygen atoms in total. The van der Waals surface area contributed by atoms with E-state index in [1.54, 1.807) is 12.2 Å². The van der Waals surface area contributed by atoms with Gasteiger partial charge in [0.1, 0.15) is 36.6 Å². The van der Waals surface area contributed by atoms with E-state index in [2.05, 4.69) is 25.2 Å². The molecule has 1 rings (SSSR count). The normalized spacial score (nSPS) is 24.8. The molecule has 1 fully saturated rings. The summed E-state index contributed by atoms with van der Waals surface area (Å²) in [5, 5.41) is 74.0. The van der Waals surface area contributed by atoms with Gasteiger partial charge in [-0.3, -0.25) is 13.8 Å². The smallest absolute Gasteiger partial charge is 0.389 e. The first kappa shape index (κ1) is 51.5. The van der Waals surface area contributed by atoms with Gasteiger partial charge in [-0.1, -0.05) is 153 Å². The highest BCUT2D eigenvalue weighted by atomic mass is 31.2. The van der Waals surface area contributed by atoms with E-state index in [-0.39, 0.29) is 6.42 Å². The molecule has 9 N–H and O–H groups in total. The van der Waals surface area contributed by atoms with E-state index >= 15 is 0 Å². The number of rotatable bonds is 33. The van der Waals surface area contributed by atoms with Gasteiger partial charge in [0, 0.05) is 0 Å². The number of nitrogens with one attached hydrogen (secondary N) is 1. The summed E-state index contributed by atoms with van der Waals surface area (Å²) in [5.74, 6) is -0.662. The van der Waals surface area contributed by atoms with Crippen molar-refractivity contribution in [3.8, 4) is 0 Å². The van der Waals surface area contributed by atoms with E-state index in [9.17, 15) is 50.0 Å². The highest BCUT2D eigenvalue weighted by Gasteiger charge is 2.51.